The molecule has 6 atom stereocenters. The molecule has 0 spiro atoms. The fourth-order valence-corrected chi connectivity index (χ4v) is 4.60. The van der Waals surface area contributed by atoms with E-state index >= 15 is 0 Å². The summed E-state index contributed by atoms with van der Waals surface area (Å²) in [6.45, 7) is 0. The van der Waals surface area contributed by atoms with E-state index in [1.807, 2.05) is 0 Å². The summed E-state index contributed by atoms with van der Waals surface area (Å²) in [5.41, 5.74) is -0.0241. The van der Waals surface area contributed by atoms with Crippen molar-refractivity contribution in [2.75, 3.05) is 14.2 Å². The summed E-state index contributed by atoms with van der Waals surface area (Å²) >= 11 is 1.12. The number of aliphatic imine (C=N–C) groups is 1. The fraction of sp³-hybridized carbons (Fsp3) is 0.611. The van der Waals surface area contributed by atoms with E-state index in [0.717, 1.165) is 17.3 Å². The number of aryl methyl sites for hydroxylation is 1. The molecule has 0 aromatic heterocycles. The number of hydrogen-bond donors (Lipinski definition) is 3. The van der Waals surface area contributed by atoms with Crippen molar-refractivity contribution >= 4 is 16.9 Å². The van der Waals surface area contributed by atoms with Crippen LogP contribution in [-0.4, -0.2) is 65.5 Å². The Morgan fingerprint density at radius 3 is 2.50 bits per heavy atom. The number of alkyl halides is 3. The first-order chi connectivity index (χ1) is 13.2. The van der Waals surface area contributed by atoms with Gasteiger partial charge >= 0.3 is 6.18 Å². The first kappa shape index (κ1) is 21.2. The largest absolute Gasteiger partial charge is 0.497 e. The zero-order valence-corrected chi connectivity index (χ0v) is 16.2. The van der Waals surface area contributed by atoms with E-state index in [1.54, 1.807) is 24.3 Å². The quantitative estimate of drug-likeness (QED) is 0.676. The Balaban J connectivity index is 1.75. The van der Waals surface area contributed by atoms with Crippen LogP contribution >= 0.6 is 11.8 Å². The molecule has 10 heteroatoms. The Morgan fingerprint density at radius 2 is 1.93 bits per heavy atom. The van der Waals surface area contributed by atoms with Gasteiger partial charge in [0.25, 0.3) is 0 Å². The second-order valence-corrected chi connectivity index (χ2v) is 7.89. The number of ether oxygens (including phenoxy) is 2. The molecule has 0 bridgehead atoms. The highest BCUT2D eigenvalue weighted by Gasteiger charge is 2.56. The molecule has 1 unspecified atom stereocenters. The van der Waals surface area contributed by atoms with E-state index in [9.17, 15) is 23.4 Å². The lowest BCUT2D eigenvalue weighted by Gasteiger charge is -2.42. The van der Waals surface area contributed by atoms with E-state index in [0.29, 0.717) is 10.9 Å². The second kappa shape index (κ2) is 8.48. The van der Waals surface area contributed by atoms with Gasteiger partial charge in [-0.15, -0.1) is 0 Å². The minimum Gasteiger partial charge on any atom is -0.497 e. The van der Waals surface area contributed by atoms with Crippen molar-refractivity contribution in [1.82, 2.24) is 5.32 Å². The van der Waals surface area contributed by atoms with Crippen LogP contribution in [0.5, 0.6) is 5.75 Å². The number of thioether (sulfide) groups is 1. The van der Waals surface area contributed by atoms with Crippen LogP contribution in [0.1, 0.15) is 12.0 Å². The monoisotopic (exact) mass is 420 g/mol. The number of hydrogen-bond acceptors (Lipinski definition) is 6. The summed E-state index contributed by atoms with van der Waals surface area (Å²) in [4.78, 5) is 3.94. The van der Waals surface area contributed by atoms with Crippen LogP contribution in [-0.2, 0) is 11.2 Å². The third kappa shape index (κ3) is 4.40. The summed E-state index contributed by atoms with van der Waals surface area (Å²) in [5.74, 6) is -1.29. The van der Waals surface area contributed by atoms with Gasteiger partial charge in [-0.1, -0.05) is 23.9 Å². The Hall–Kier alpha value is -1.49. The van der Waals surface area contributed by atoms with Gasteiger partial charge in [0, 0.05) is 7.05 Å². The third-order valence-corrected chi connectivity index (χ3v) is 6.24. The van der Waals surface area contributed by atoms with Crippen LogP contribution in [0.15, 0.2) is 29.3 Å². The average molecular weight is 420 g/mol. The number of rotatable bonds is 5. The zero-order valence-electron chi connectivity index (χ0n) is 15.4. The van der Waals surface area contributed by atoms with Gasteiger partial charge in [0.2, 0.25) is 0 Å². The van der Waals surface area contributed by atoms with Gasteiger partial charge in [-0.3, -0.25) is 4.99 Å². The summed E-state index contributed by atoms with van der Waals surface area (Å²) in [7, 11) is 3.04. The maximum absolute atomic E-state index is 13.8. The molecule has 0 saturated carbocycles. The normalized spacial score (nSPS) is 32.7. The molecule has 6 nitrogen and oxygen atoms in total. The SMILES string of the molecule is CN=C1N[C@@H]2[C@@H](O)[C@H](O)[C@@H](C(CCc3ccc(OC)cc3)C(F)(F)F)O[C@@H]2S1. The Bertz CT molecular complexity index is 701. The van der Waals surface area contributed by atoms with Crippen LogP contribution in [0.2, 0.25) is 0 Å². The summed E-state index contributed by atoms with van der Waals surface area (Å²) < 4.78 is 52.0. The number of nitrogens with zero attached hydrogens (tertiary/aromatic N) is 1. The van der Waals surface area contributed by atoms with Gasteiger partial charge in [0.15, 0.2) is 5.17 Å². The van der Waals surface area contributed by atoms with Crippen LogP contribution in [0.3, 0.4) is 0 Å². The van der Waals surface area contributed by atoms with Crippen LogP contribution in [0.25, 0.3) is 0 Å². The second-order valence-electron chi connectivity index (χ2n) is 6.80. The molecule has 0 radical (unpaired) electrons. The molecular formula is C18H23F3N2O4S. The van der Waals surface area contributed by atoms with Crippen molar-refractivity contribution in [3.63, 3.8) is 0 Å². The van der Waals surface area contributed by atoms with Crippen molar-refractivity contribution < 1.29 is 32.9 Å². The Morgan fingerprint density at radius 1 is 1.25 bits per heavy atom. The molecule has 2 aliphatic rings. The molecule has 2 saturated heterocycles. The van der Waals surface area contributed by atoms with E-state index < -0.39 is 41.9 Å². The molecular weight excluding hydrogens is 397 g/mol. The van der Waals surface area contributed by atoms with Crippen molar-refractivity contribution in [3.8, 4) is 5.75 Å². The van der Waals surface area contributed by atoms with Gasteiger partial charge < -0.3 is 25.0 Å². The lowest BCUT2D eigenvalue weighted by molar-refractivity contribution is -0.251. The average Bonchev–Trinajstić information content (AvgIpc) is 3.08. The maximum Gasteiger partial charge on any atom is 0.394 e. The molecule has 1 aromatic rings. The zero-order chi connectivity index (χ0) is 20.5. The standard InChI is InChI=1S/C18H23F3N2O4S/c1-22-17-23-12-13(24)14(25)15(27-16(12)28-17)11(18(19,20)21)8-5-9-3-6-10(26-2)7-4-9/h3-4,6-7,11-16,24-25H,5,8H2,1-2H3,(H,22,23)/t11?,12-,13-,14+,15-,16-/m1/s1. The molecule has 2 heterocycles. The van der Waals surface area contributed by atoms with E-state index in [2.05, 4.69) is 10.3 Å². The predicted octanol–water partition coefficient (Wildman–Crippen LogP) is 1.94. The van der Waals surface area contributed by atoms with Gasteiger partial charge in [0.05, 0.1) is 25.2 Å². The number of nitrogens with one attached hydrogen (secondary N) is 1. The van der Waals surface area contributed by atoms with E-state index in [1.165, 1.54) is 14.2 Å². The van der Waals surface area contributed by atoms with Crippen LogP contribution < -0.4 is 10.1 Å². The number of benzene rings is 1. The van der Waals surface area contributed by atoms with E-state index in [-0.39, 0.29) is 12.8 Å². The third-order valence-electron chi connectivity index (χ3n) is 5.08. The first-order valence-electron chi connectivity index (χ1n) is 8.85. The molecule has 28 heavy (non-hydrogen) atoms. The molecule has 156 valence electrons. The number of fused-ring (bicyclic) bond motifs is 1. The van der Waals surface area contributed by atoms with E-state index in [4.69, 9.17) is 9.47 Å². The van der Waals surface area contributed by atoms with Crippen molar-refractivity contribution in [1.29, 1.82) is 0 Å². The maximum atomic E-state index is 13.8. The highest BCUT2D eigenvalue weighted by molar-refractivity contribution is 8.14. The lowest BCUT2D eigenvalue weighted by Crippen LogP contribution is -2.62. The number of aliphatic hydroxyl groups excluding tert-OH is 2. The predicted molar refractivity (Wildman–Crippen MR) is 99.4 cm³/mol. The molecule has 1 aromatic carbocycles. The Kier molecular flexibility index (Phi) is 6.43. The topological polar surface area (TPSA) is 83.3 Å². The van der Waals surface area contributed by atoms with Gasteiger partial charge in [-0.25, -0.2) is 0 Å². The summed E-state index contributed by atoms with van der Waals surface area (Å²) in [6, 6.07) is 6.08. The van der Waals surface area contributed by atoms with Crippen molar-refractivity contribution in [3.05, 3.63) is 29.8 Å². The molecule has 0 aliphatic carbocycles. The number of amidine groups is 1. The fourth-order valence-electron chi connectivity index (χ4n) is 3.51. The van der Waals surface area contributed by atoms with Crippen molar-refractivity contribution in [2.24, 2.45) is 10.9 Å². The van der Waals surface area contributed by atoms with Crippen LogP contribution in [0, 0.1) is 5.92 Å². The molecule has 3 rings (SSSR count). The first-order valence-corrected chi connectivity index (χ1v) is 9.73. The van der Waals surface area contributed by atoms with Gasteiger partial charge in [0.1, 0.15) is 23.4 Å². The molecule has 0 amide bonds. The minimum atomic E-state index is -4.58. The smallest absolute Gasteiger partial charge is 0.394 e. The molecule has 3 N–H and O–H groups in total. The number of aliphatic hydroxyl groups is 2. The molecule has 2 fully saturated rings. The summed E-state index contributed by atoms with van der Waals surface area (Å²) in [6.07, 6.45) is -9.30. The number of halogens is 3. The van der Waals surface area contributed by atoms with Crippen LogP contribution in [0.4, 0.5) is 13.2 Å². The van der Waals surface area contributed by atoms with Gasteiger partial charge in [-0.05, 0) is 30.5 Å². The Labute approximate surface area is 165 Å². The highest BCUT2D eigenvalue weighted by atomic mass is 32.2. The number of methoxy groups -OCH3 is 1. The summed E-state index contributed by atoms with van der Waals surface area (Å²) in [5, 5.41) is 24.0. The lowest BCUT2D eigenvalue weighted by atomic mass is 9.85. The highest BCUT2D eigenvalue weighted by Crippen LogP contribution is 2.42. The van der Waals surface area contributed by atoms with Crippen molar-refractivity contribution in [2.45, 2.75) is 48.8 Å². The van der Waals surface area contributed by atoms with Gasteiger partial charge in [-0.2, -0.15) is 13.2 Å². The molecule has 2 aliphatic heterocycles. The minimum absolute atomic E-state index is 0.151.